The molecule has 0 fully saturated rings. The van der Waals surface area contributed by atoms with Crippen LogP contribution in [0.3, 0.4) is 0 Å². The summed E-state index contributed by atoms with van der Waals surface area (Å²) < 4.78 is 5.05. The zero-order chi connectivity index (χ0) is 11.6. The van der Waals surface area contributed by atoms with Crippen LogP contribution in [-0.2, 0) is 4.79 Å². The lowest BCUT2D eigenvalue weighted by molar-refractivity contribution is -0.138. The predicted octanol–water partition coefficient (Wildman–Crippen LogP) is 1.74. The average molecular weight is 230 g/mol. The molecule has 4 nitrogen and oxygen atoms in total. The smallest absolute Gasteiger partial charge is 0.325 e. The van der Waals surface area contributed by atoms with E-state index >= 15 is 0 Å². The molecule has 3 N–H and O–H groups in total. The lowest BCUT2D eigenvalue weighted by Gasteiger charge is -2.16. The molecule has 1 atom stereocenters. The van der Waals surface area contributed by atoms with Crippen molar-refractivity contribution < 1.29 is 14.6 Å². The van der Waals surface area contributed by atoms with E-state index in [1.807, 2.05) is 0 Å². The summed E-state index contributed by atoms with van der Waals surface area (Å²) in [6, 6.07) is 2.23. The fraction of sp³-hybridized carbons (Fsp3) is 0.300. The molecular formula is C10H12ClNO3. The highest BCUT2D eigenvalue weighted by Gasteiger charge is 2.22. The van der Waals surface area contributed by atoms with E-state index in [0.717, 1.165) is 5.56 Å². The Hall–Kier alpha value is -1.26. The highest BCUT2D eigenvalue weighted by molar-refractivity contribution is 6.32. The van der Waals surface area contributed by atoms with Crippen LogP contribution < -0.4 is 10.5 Å². The third-order valence-electron chi connectivity index (χ3n) is 2.15. The van der Waals surface area contributed by atoms with Gasteiger partial charge in [-0.3, -0.25) is 4.79 Å². The van der Waals surface area contributed by atoms with Gasteiger partial charge in [-0.15, -0.1) is 0 Å². The number of hydrogen-bond donors (Lipinski definition) is 2. The Morgan fingerprint density at radius 3 is 2.67 bits per heavy atom. The molecule has 0 heterocycles. The summed E-state index contributed by atoms with van der Waals surface area (Å²) in [5.41, 5.74) is 6.70. The fourth-order valence-electron chi connectivity index (χ4n) is 1.39. The lowest BCUT2D eigenvalue weighted by Crippen LogP contribution is -2.22. The molecule has 5 heteroatoms. The second-order valence-corrected chi connectivity index (χ2v) is 3.53. The fourth-order valence-corrected chi connectivity index (χ4v) is 1.63. The van der Waals surface area contributed by atoms with Gasteiger partial charge in [-0.2, -0.15) is 0 Å². The van der Waals surface area contributed by atoms with Crippen LogP contribution in [0, 0.1) is 6.92 Å². The number of rotatable bonds is 3. The van der Waals surface area contributed by atoms with Gasteiger partial charge in [-0.05, 0) is 18.6 Å². The molecule has 0 radical (unpaired) electrons. The van der Waals surface area contributed by atoms with E-state index in [-0.39, 0.29) is 0 Å². The molecule has 0 spiro atoms. The monoisotopic (exact) mass is 229 g/mol. The lowest BCUT2D eigenvalue weighted by atomic mass is 10.0. The predicted molar refractivity (Wildman–Crippen MR) is 57.3 cm³/mol. The summed E-state index contributed by atoms with van der Waals surface area (Å²) in [4.78, 5) is 10.8. The highest BCUT2D eigenvalue weighted by Crippen LogP contribution is 2.34. The van der Waals surface area contributed by atoms with Crippen LogP contribution in [-0.4, -0.2) is 18.2 Å². The molecule has 1 aromatic carbocycles. The molecule has 0 aliphatic carbocycles. The Morgan fingerprint density at radius 2 is 2.20 bits per heavy atom. The minimum Gasteiger partial charge on any atom is -0.495 e. The van der Waals surface area contributed by atoms with Crippen molar-refractivity contribution in [3.8, 4) is 5.75 Å². The Labute approximate surface area is 92.6 Å². The summed E-state index contributed by atoms with van der Waals surface area (Å²) in [5, 5.41) is 9.20. The molecular weight excluding hydrogens is 218 g/mol. The van der Waals surface area contributed by atoms with Gasteiger partial charge in [0, 0.05) is 5.56 Å². The molecule has 1 rings (SSSR count). The van der Waals surface area contributed by atoms with Crippen molar-refractivity contribution in [2.45, 2.75) is 13.0 Å². The molecule has 15 heavy (non-hydrogen) atoms. The third-order valence-corrected chi connectivity index (χ3v) is 2.44. The largest absolute Gasteiger partial charge is 0.495 e. The van der Waals surface area contributed by atoms with Gasteiger partial charge < -0.3 is 15.6 Å². The van der Waals surface area contributed by atoms with Crippen LogP contribution in [0.2, 0.25) is 5.02 Å². The minimum atomic E-state index is -1.13. The molecule has 0 aliphatic heterocycles. The summed E-state index contributed by atoms with van der Waals surface area (Å²) in [5.74, 6) is -0.787. The standard InChI is InChI=1S/C10H12ClNO3/c1-5-3-4-6(11)9(15-2)7(5)8(12)10(13)14/h3-4,8H,12H2,1-2H3,(H,13,14). The van der Waals surface area contributed by atoms with Crippen LogP contribution in [0.15, 0.2) is 12.1 Å². The van der Waals surface area contributed by atoms with Gasteiger partial charge in [0.05, 0.1) is 12.1 Å². The van der Waals surface area contributed by atoms with E-state index in [2.05, 4.69) is 0 Å². The number of carboxylic acid groups (broad SMARTS) is 1. The molecule has 0 bridgehead atoms. The molecule has 0 amide bonds. The van der Waals surface area contributed by atoms with Crippen molar-refractivity contribution in [3.63, 3.8) is 0 Å². The van der Waals surface area contributed by atoms with E-state index < -0.39 is 12.0 Å². The first-order valence-electron chi connectivity index (χ1n) is 4.30. The van der Waals surface area contributed by atoms with Crippen LogP contribution in [0.25, 0.3) is 0 Å². The second kappa shape index (κ2) is 4.51. The third kappa shape index (κ3) is 2.22. The van der Waals surface area contributed by atoms with Crippen molar-refractivity contribution in [3.05, 3.63) is 28.3 Å². The minimum absolute atomic E-state index is 0.326. The quantitative estimate of drug-likeness (QED) is 0.828. The van der Waals surface area contributed by atoms with Crippen LogP contribution >= 0.6 is 11.6 Å². The van der Waals surface area contributed by atoms with Crippen LogP contribution in [0.5, 0.6) is 5.75 Å². The topological polar surface area (TPSA) is 72.5 Å². The maximum absolute atomic E-state index is 10.8. The van der Waals surface area contributed by atoms with Crippen molar-refractivity contribution >= 4 is 17.6 Å². The first kappa shape index (κ1) is 11.8. The summed E-state index contributed by atoms with van der Waals surface area (Å²) >= 11 is 5.88. The number of methoxy groups -OCH3 is 1. The molecule has 0 saturated heterocycles. The Bertz CT molecular complexity index is 392. The maximum Gasteiger partial charge on any atom is 0.325 e. The van der Waals surface area contributed by atoms with Crippen LogP contribution in [0.4, 0.5) is 0 Å². The van der Waals surface area contributed by atoms with E-state index in [1.54, 1.807) is 19.1 Å². The SMILES string of the molecule is COc1c(Cl)ccc(C)c1C(N)C(=O)O. The van der Waals surface area contributed by atoms with Gasteiger partial charge in [0.1, 0.15) is 11.8 Å². The Kier molecular flexibility index (Phi) is 3.55. The molecule has 1 unspecified atom stereocenters. The van der Waals surface area contributed by atoms with Crippen molar-refractivity contribution in [2.24, 2.45) is 5.73 Å². The number of aliphatic carboxylic acids is 1. The number of aryl methyl sites for hydroxylation is 1. The molecule has 82 valence electrons. The Morgan fingerprint density at radius 1 is 1.60 bits per heavy atom. The number of nitrogens with two attached hydrogens (primary N) is 1. The number of carbonyl (C=O) groups is 1. The van der Waals surface area contributed by atoms with Gasteiger partial charge in [-0.1, -0.05) is 17.7 Å². The molecule has 1 aromatic rings. The summed E-state index contributed by atoms with van der Waals surface area (Å²) in [7, 11) is 1.43. The van der Waals surface area contributed by atoms with Gasteiger partial charge in [0.15, 0.2) is 0 Å². The highest BCUT2D eigenvalue weighted by atomic mass is 35.5. The van der Waals surface area contributed by atoms with Gasteiger partial charge in [-0.25, -0.2) is 0 Å². The Balaban J connectivity index is 3.37. The zero-order valence-electron chi connectivity index (χ0n) is 8.45. The molecule has 0 aliphatic rings. The van der Waals surface area contributed by atoms with Gasteiger partial charge in [0.2, 0.25) is 0 Å². The average Bonchev–Trinajstić information content (AvgIpc) is 2.19. The van der Waals surface area contributed by atoms with Crippen molar-refractivity contribution in [1.29, 1.82) is 0 Å². The number of benzene rings is 1. The summed E-state index contributed by atoms with van der Waals surface area (Å²) in [6.07, 6.45) is 0. The van der Waals surface area contributed by atoms with E-state index in [1.165, 1.54) is 7.11 Å². The van der Waals surface area contributed by atoms with Gasteiger partial charge >= 0.3 is 5.97 Å². The summed E-state index contributed by atoms with van der Waals surface area (Å²) in [6.45, 7) is 1.76. The van der Waals surface area contributed by atoms with E-state index in [0.29, 0.717) is 16.3 Å². The van der Waals surface area contributed by atoms with Crippen LogP contribution in [0.1, 0.15) is 17.2 Å². The van der Waals surface area contributed by atoms with Crippen molar-refractivity contribution in [2.75, 3.05) is 7.11 Å². The first-order valence-corrected chi connectivity index (χ1v) is 4.68. The van der Waals surface area contributed by atoms with Crippen molar-refractivity contribution in [1.82, 2.24) is 0 Å². The van der Waals surface area contributed by atoms with E-state index in [4.69, 9.17) is 27.2 Å². The molecule has 0 saturated carbocycles. The number of ether oxygens (including phenoxy) is 1. The number of carboxylic acids is 1. The number of halogens is 1. The normalized spacial score (nSPS) is 12.3. The number of hydrogen-bond acceptors (Lipinski definition) is 3. The second-order valence-electron chi connectivity index (χ2n) is 3.13. The maximum atomic E-state index is 10.8. The van der Waals surface area contributed by atoms with Gasteiger partial charge in [0.25, 0.3) is 0 Å². The first-order chi connectivity index (χ1) is 6.99. The van der Waals surface area contributed by atoms with E-state index in [9.17, 15) is 4.79 Å². The molecule has 0 aromatic heterocycles. The zero-order valence-corrected chi connectivity index (χ0v) is 9.21.